The number of nitrogens with one attached hydrogen (secondary N) is 1. The third kappa shape index (κ3) is 6.14. The van der Waals surface area contributed by atoms with Gasteiger partial charge in [0.25, 0.3) is 0 Å². The molecule has 23 heavy (non-hydrogen) atoms. The quantitative estimate of drug-likeness (QED) is 0.303. The number of ether oxygens (including phenoxy) is 1. The van der Waals surface area contributed by atoms with E-state index in [1.807, 2.05) is 30.3 Å². The van der Waals surface area contributed by atoms with Crippen molar-refractivity contribution in [1.29, 1.82) is 0 Å². The maximum absolute atomic E-state index is 12.2. The first-order chi connectivity index (χ1) is 11.1. The van der Waals surface area contributed by atoms with E-state index in [-0.39, 0.29) is 12.3 Å². The van der Waals surface area contributed by atoms with E-state index < -0.39 is 11.8 Å². The normalized spacial score (nSPS) is 12.1. The molecule has 0 aliphatic rings. The smallest absolute Gasteiger partial charge is 0.237 e. The fourth-order valence-electron chi connectivity index (χ4n) is 1.83. The zero-order chi connectivity index (χ0) is 17.1. The Hall–Kier alpha value is -2.31. The second kappa shape index (κ2) is 10.4. The summed E-state index contributed by atoms with van der Waals surface area (Å²) >= 11 is 0. The van der Waals surface area contributed by atoms with Gasteiger partial charge in [0.05, 0.1) is 6.61 Å². The number of benzene rings is 1. The molecule has 0 saturated heterocycles. The summed E-state index contributed by atoms with van der Waals surface area (Å²) in [6, 6.07) is 7.88. The monoisotopic (exact) mass is 317 g/mol. The highest BCUT2D eigenvalue weighted by Crippen LogP contribution is 2.05. The minimum Gasteiger partial charge on any atom is -0.383 e. The Bertz CT molecular complexity index is 543. The Kier molecular flexibility index (Phi) is 8.49. The van der Waals surface area contributed by atoms with Gasteiger partial charge in [-0.05, 0) is 11.6 Å². The van der Waals surface area contributed by atoms with Crippen LogP contribution >= 0.6 is 0 Å². The van der Waals surface area contributed by atoms with E-state index in [2.05, 4.69) is 5.43 Å². The van der Waals surface area contributed by atoms with Crippen LogP contribution in [-0.4, -0.2) is 49.3 Å². The molecule has 0 fully saturated rings. The van der Waals surface area contributed by atoms with E-state index in [0.717, 1.165) is 10.6 Å². The van der Waals surface area contributed by atoms with Crippen molar-refractivity contribution in [2.75, 3.05) is 20.3 Å². The second-order valence-corrected chi connectivity index (χ2v) is 4.68. The summed E-state index contributed by atoms with van der Waals surface area (Å²) in [5, 5.41) is 1.02. The van der Waals surface area contributed by atoms with Gasteiger partial charge in [-0.15, -0.1) is 0 Å². The van der Waals surface area contributed by atoms with Gasteiger partial charge in [-0.1, -0.05) is 43.3 Å². The lowest BCUT2D eigenvalue weighted by molar-refractivity contribution is -0.139. The lowest BCUT2D eigenvalue weighted by Gasteiger charge is -2.26. The van der Waals surface area contributed by atoms with E-state index in [4.69, 9.17) is 4.74 Å². The van der Waals surface area contributed by atoms with Crippen molar-refractivity contribution in [2.45, 2.75) is 19.4 Å². The van der Waals surface area contributed by atoms with Crippen LogP contribution in [-0.2, 0) is 19.1 Å². The maximum atomic E-state index is 12.2. The van der Waals surface area contributed by atoms with E-state index in [1.165, 1.54) is 13.2 Å². The molecule has 1 unspecified atom stereocenters. The largest absolute Gasteiger partial charge is 0.383 e. The van der Waals surface area contributed by atoms with Gasteiger partial charge >= 0.3 is 0 Å². The lowest BCUT2D eigenvalue weighted by atomic mass is 10.1. The Morgan fingerprint density at radius 1 is 1.35 bits per heavy atom. The molecule has 1 rings (SSSR count). The third-order valence-corrected chi connectivity index (χ3v) is 3.04. The van der Waals surface area contributed by atoms with Crippen molar-refractivity contribution < 1.29 is 19.1 Å². The molecule has 1 radical (unpaired) electrons. The van der Waals surface area contributed by atoms with Crippen molar-refractivity contribution in [3.63, 3.8) is 0 Å². The van der Waals surface area contributed by atoms with E-state index in [0.29, 0.717) is 13.2 Å². The average Bonchev–Trinajstić information content (AvgIpc) is 2.59. The van der Waals surface area contributed by atoms with E-state index >= 15 is 0 Å². The molecule has 0 bridgehead atoms. The minimum atomic E-state index is -1.32. The second-order valence-electron chi connectivity index (χ2n) is 4.68. The summed E-state index contributed by atoms with van der Waals surface area (Å²) in [7, 11) is 1.52. The molecule has 1 aromatic rings. The molecule has 0 spiro atoms. The van der Waals surface area contributed by atoms with Crippen molar-refractivity contribution >= 4 is 24.1 Å². The Morgan fingerprint density at radius 3 is 2.61 bits per heavy atom. The summed E-state index contributed by atoms with van der Waals surface area (Å²) in [5.41, 5.74) is 3.57. The average molecular weight is 317 g/mol. The minimum absolute atomic E-state index is 0.161. The highest BCUT2D eigenvalue weighted by Gasteiger charge is 2.28. The van der Waals surface area contributed by atoms with E-state index in [1.54, 1.807) is 19.3 Å². The number of carbonyl (C=O) groups is 2. The van der Waals surface area contributed by atoms with Gasteiger partial charge in [-0.3, -0.25) is 19.4 Å². The zero-order valence-electron chi connectivity index (χ0n) is 13.3. The van der Waals surface area contributed by atoms with Crippen LogP contribution in [0.15, 0.2) is 36.4 Å². The SMILES string of the molecule is CCC(=O)N(NCCOC)C([C]=O)C(=O)C=Cc1ccccc1. The van der Waals surface area contributed by atoms with Crippen molar-refractivity contribution in [3.05, 3.63) is 42.0 Å². The molecule has 0 saturated carbocycles. The molecule has 123 valence electrons. The molecule has 6 nitrogen and oxygen atoms in total. The van der Waals surface area contributed by atoms with Crippen LogP contribution < -0.4 is 5.43 Å². The zero-order valence-corrected chi connectivity index (χ0v) is 13.3. The molecule has 6 heteroatoms. The predicted molar refractivity (Wildman–Crippen MR) is 87.0 cm³/mol. The summed E-state index contributed by atoms with van der Waals surface area (Å²) in [4.78, 5) is 35.4. The molecule has 0 heterocycles. The molecule has 0 aromatic heterocycles. The number of amides is 1. The molecule has 1 N–H and O–H groups in total. The van der Waals surface area contributed by atoms with Crippen molar-refractivity contribution in [1.82, 2.24) is 10.4 Å². The number of rotatable bonds is 10. The standard InChI is InChI=1S/C17H21N2O4/c1-3-17(22)19(18-11-12-23-2)15(13-20)16(21)10-9-14-7-5-4-6-8-14/h4-10,15,18H,3,11-12H2,1-2H3. The number of hydrazine groups is 1. The van der Waals surface area contributed by atoms with Gasteiger partial charge in [0.2, 0.25) is 12.2 Å². The molecule has 1 atom stereocenters. The predicted octanol–water partition coefficient (Wildman–Crippen LogP) is 1.14. The fraction of sp³-hybridized carbons (Fsp3) is 0.353. The maximum Gasteiger partial charge on any atom is 0.237 e. The van der Waals surface area contributed by atoms with E-state index in [9.17, 15) is 14.4 Å². The molecular weight excluding hydrogens is 296 g/mol. The third-order valence-electron chi connectivity index (χ3n) is 3.04. The molecule has 0 aliphatic heterocycles. The first-order valence-electron chi connectivity index (χ1n) is 7.33. The number of nitrogens with zero attached hydrogens (tertiary/aromatic N) is 1. The highest BCUT2D eigenvalue weighted by molar-refractivity contribution is 6.08. The Morgan fingerprint density at radius 2 is 2.04 bits per heavy atom. The Balaban J connectivity index is 2.83. The number of hydrogen-bond acceptors (Lipinski definition) is 5. The lowest BCUT2D eigenvalue weighted by Crippen LogP contribution is -2.53. The van der Waals surface area contributed by atoms with Gasteiger partial charge in [0.1, 0.15) is 0 Å². The summed E-state index contributed by atoms with van der Waals surface area (Å²) < 4.78 is 4.89. The number of methoxy groups -OCH3 is 1. The van der Waals surface area contributed by atoms with Crippen LogP contribution in [0.3, 0.4) is 0 Å². The van der Waals surface area contributed by atoms with Gasteiger partial charge < -0.3 is 4.74 Å². The first-order valence-corrected chi connectivity index (χ1v) is 7.33. The highest BCUT2D eigenvalue weighted by atomic mass is 16.5. The van der Waals surface area contributed by atoms with Gasteiger partial charge in [0.15, 0.2) is 11.8 Å². The van der Waals surface area contributed by atoms with Crippen molar-refractivity contribution in [3.8, 4) is 0 Å². The first kappa shape index (κ1) is 18.7. The number of ketones is 1. The summed E-state index contributed by atoms with van der Waals surface area (Å²) in [6.07, 6.45) is 4.66. The number of hydrogen-bond donors (Lipinski definition) is 1. The molecule has 1 aromatic carbocycles. The summed E-state index contributed by atoms with van der Waals surface area (Å²) in [6.45, 7) is 2.29. The van der Waals surface area contributed by atoms with Gasteiger partial charge in [0, 0.05) is 20.1 Å². The summed E-state index contributed by atoms with van der Waals surface area (Å²) in [5.74, 6) is -0.883. The van der Waals surface area contributed by atoms with Crippen LogP contribution in [0.2, 0.25) is 0 Å². The van der Waals surface area contributed by atoms with Crippen LogP contribution in [0.25, 0.3) is 6.08 Å². The van der Waals surface area contributed by atoms with Crippen LogP contribution in [0.1, 0.15) is 18.9 Å². The van der Waals surface area contributed by atoms with Crippen molar-refractivity contribution in [2.24, 2.45) is 0 Å². The number of carbonyl (C=O) groups excluding carboxylic acids is 3. The van der Waals surface area contributed by atoms with Crippen LogP contribution in [0.4, 0.5) is 0 Å². The van der Waals surface area contributed by atoms with Gasteiger partial charge in [-0.25, -0.2) is 5.43 Å². The van der Waals surface area contributed by atoms with Gasteiger partial charge in [-0.2, -0.15) is 0 Å². The fourth-order valence-corrected chi connectivity index (χ4v) is 1.83. The van der Waals surface area contributed by atoms with Crippen LogP contribution in [0, 0.1) is 0 Å². The molecule has 1 amide bonds. The molecular formula is C17H21N2O4. The topological polar surface area (TPSA) is 75.7 Å². The Labute approximate surface area is 136 Å². The van der Waals surface area contributed by atoms with Crippen LogP contribution in [0.5, 0.6) is 0 Å². The molecule has 0 aliphatic carbocycles.